The first-order valence-corrected chi connectivity index (χ1v) is 5.84. The molecule has 16 heavy (non-hydrogen) atoms. The molecule has 0 saturated heterocycles. The average Bonchev–Trinajstić information content (AvgIpc) is 2.38. The van der Waals surface area contributed by atoms with Gasteiger partial charge in [0.05, 0.1) is 0 Å². The summed E-state index contributed by atoms with van der Waals surface area (Å²) in [7, 11) is 0. The molecule has 1 fully saturated rings. The summed E-state index contributed by atoms with van der Waals surface area (Å²) >= 11 is 0. The van der Waals surface area contributed by atoms with Crippen LogP contribution in [0, 0.1) is 0 Å². The van der Waals surface area contributed by atoms with Crippen molar-refractivity contribution in [2.75, 3.05) is 0 Å². The predicted molar refractivity (Wildman–Crippen MR) is 62.7 cm³/mol. The molecule has 0 radical (unpaired) electrons. The summed E-state index contributed by atoms with van der Waals surface area (Å²) in [4.78, 5) is 0. The minimum atomic E-state index is 0.208. The van der Waals surface area contributed by atoms with Gasteiger partial charge in [0.25, 0.3) is 5.90 Å². The average molecular weight is 219 g/mol. The number of hydrogen-bond acceptors (Lipinski definition) is 3. The first kappa shape index (κ1) is 11.0. The van der Waals surface area contributed by atoms with Gasteiger partial charge in [-0.15, -0.1) is 0 Å². The van der Waals surface area contributed by atoms with Gasteiger partial charge in [0.1, 0.15) is 6.10 Å². The first-order chi connectivity index (χ1) is 7.90. The fourth-order valence-corrected chi connectivity index (χ4v) is 2.07. The van der Waals surface area contributed by atoms with Crippen LogP contribution < -0.4 is 0 Å². The largest absolute Gasteiger partial charge is 0.472 e. The van der Waals surface area contributed by atoms with Gasteiger partial charge in [-0.1, -0.05) is 24.6 Å². The highest BCUT2D eigenvalue weighted by atomic mass is 16.5. The fourth-order valence-electron chi connectivity index (χ4n) is 2.07. The Hall–Kier alpha value is -1.51. The molecule has 0 heterocycles. The zero-order chi connectivity index (χ0) is 11.2. The maximum atomic E-state index is 8.97. The molecule has 1 aromatic carbocycles. The van der Waals surface area contributed by atoms with Crippen molar-refractivity contribution in [3.63, 3.8) is 0 Å². The van der Waals surface area contributed by atoms with E-state index in [9.17, 15) is 0 Å². The van der Waals surface area contributed by atoms with Crippen LogP contribution in [0.15, 0.2) is 35.5 Å². The topological polar surface area (TPSA) is 41.8 Å². The Morgan fingerprint density at radius 1 is 1.12 bits per heavy atom. The van der Waals surface area contributed by atoms with Crippen LogP contribution >= 0.6 is 0 Å². The third kappa shape index (κ3) is 2.75. The van der Waals surface area contributed by atoms with E-state index in [0.717, 1.165) is 18.4 Å². The SMILES string of the molecule is ON=C(OC1CCCCC1)c1ccccc1. The Morgan fingerprint density at radius 3 is 2.44 bits per heavy atom. The molecule has 1 saturated carbocycles. The molecule has 3 heteroatoms. The molecule has 3 nitrogen and oxygen atoms in total. The van der Waals surface area contributed by atoms with Crippen LogP contribution in [-0.4, -0.2) is 17.2 Å². The number of benzene rings is 1. The van der Waals surface area contributed by atoms with Crippen LogP contribution in [0.4, 0.5) is 0 Å². The van der Waals surface area contributed by atoms with E-state index in [1.807, 2.05) is 30.3 Å². The molecular weight excluding hydrogens is 202 g/mol. The van der Waals surface area contributed by atoms with Crippen molar-refractivity contribution in [1.82, 2.24) is 0 Å². The van der Waals surface area contributed by atoms with Crippen molar-refractivity contribution in [3.8, 4) is 0 Å². The highest BCUT2D eigenvalue weighted by molar-refractivity contribution is 5.93. The lowest BCUT2D eigenvalue weighted by Gasteiger charge is -2.23. The molecule has 0 aliphatic heterocycles. The fraction of sp³-hybridized carbons (Fsp3) is 0.462. The van der Waals surface area contributed by atoms with Crippen LogP contribution in [0.1, 0.15) is 37.7 Å². The molecule has 1 aromatic rings. The van der Waals surface area contributed by atoms with Gasteiger partial charge < -0.3 is 9.94 Å². The summed E-state index contributed by atoms with van der Waals surface area (Å²) in [5.74, 6) is 0.340. The molecule has 0 spiro atoms. The van der Waals surface area contributed by atoms with Gasteiger partial charge in [-0.3, -0.25) is 0 Å². The number of rotatable bonds is 2. The van der Waals surface area contributed by atoms with Crippen molar-refractivity contribution in [1.29, 1.82) is 0 Å². The smallest absolute Gasteiger partial charge is 0.257 e. The van der Waals surface area contributed by atoms with Crippen LogP contribution in [0.25, 0.3) is 0 Å². The molecule has 0 unspecified atom stereocenters. The van der Waals surface area contributed by atoms with Gasteiger partial charge in [-0.2, -0.15) is 0 Å². The van der Waals surface area contributed by atoms with E-state index in [1.165, 1.54) is 19.3 Å². The monoisotopic (exact) mass is 219 g/mol. The highest BCUT2D eigenvalue weighted by Crippen LogP contribution is 2.21. The Balaban J connectivity index is 2.01. The van der Waals surface area contributed by atoms with Crippen molar-refractivity contribution in [3.05, 3.63) is 35.9 Å². The molecule has 1 aliphatic rings. The maximum absolute atomic E-state index is 8.97. The Morgan fingerprint density at radius 2 is 1.81 bits per heavy atom. The molecule has 0 amide bonds. The lowest BCUT2D eigenvalue weighted by Crippen LogP contribution is -2.21. The predicted octanol–water partition coefficient (Wildman–Crippen LogP) is 3.17. The van der Waals surface area contributed by atoms with Gasteiger partial charge in [-0.05, 0) is 43.0 Å². The summed E-state index contributed by atoms with van der Waals surface area (Å²) in [6, 6.07) is 9.52. The first-order valence-electron chi connectivity index (χ1n) is 5.84. The third-order valence-electron chi connectivity index (χ3n) is 2.94. The van der Waals surface area contributed by atoms with Crippen LogP contribution in [0.2, 0.25) is 0 Å². The van der Waals surface area contributed by atoms with Gasteiger partial charge >= 0.3 is 0 Å². The van der Waals surface area contributed by atoms with Crippen molar-refractivity contribution < 1.29 is 9.94 Å². The van der Waals surface area contributed by atoms with Crippen LogP contribution in [0.3, 0.4) is 0 Å². The lowest BCUT2D eigenvalue weighted by molar-refractivity contribution is 0.134. The van der Waals surface area contributed by atoms with Crippen LogP contribution in [-0.2, 0) is 4.74 Å². The molecular formula is C13H17NO2. The van der Waals surface area contributed by atoms with E-state index in [-0.39, 0.29) is 6.10 Å². The number of ether oxygens (including phenoxy) is 1. The van der Waals surface area contributed by atoms with Crippen molar-refractivity contribution in [2.24, 2.45) is 5.16 Å². The third-order valence-corrected chi connectivity index (χ3v) is 2.94. The molecule has 0 aromatic heterocycles. The number of hydrogen-bond donors (Lipinski definition) is 1. The maximum Gasteiger partial charge on any atom is 0.257 e. The quantitative estimate of drug-likeness (QED) is 0.359. The normalized spacial score (nSPS) is 18.4. The second kappa shape index (κ2) is 5.54. The van der Waals surface area contributed by atoms with Gasteiger partial charge in [-0.25, -0.2) is 0 Å². The van der Waals surface area contributed by atoms with E-state index >= 15 is 0 Å². The second-order valence-electron chi connectivity index (χ2n) is 4.15. The summed E-state index contributed by atoms with van der Waals surface area (Å²) in [5, 5.41) is 12.2. The molecule has 0 bridgehead atoms. The van der Waals surface area contributed by atoms with E-state index in [0.29, 0.717) is 5.90 Å². The summed E-state index contributed by atoms with van der Waals surface area (Å²) in [5.41, 5.74) is 0.829. The van der Waals surface area contributed by atoms with Crippen molar-refractivity contribution >= 4 is 5.90 Å². The molecule has 2 rings (SSSR count). The Labute approximate surface area is 95.7 Å². The highest BCUT2D eigenvalue weighted by Gasteiger charge is 2.17. The lowest BCUT2D eigenvalue weighted by atomic mass is 9.98. The van der Waals surface area contributed by atoms with E-state index in [1.54, 1.807) is 0 Å². The van der Waals surface area contributed by atoms with E-state index in [4.69, 9.17) is 9.94 Å². The Kier molecular flexibility index (Phi) is 3.81. The number of nitrogens with zero attached hydrogens (tertiary/aromatic N) is 1. The van der Waals surface area contributed by atoms with Crippen LogP contribution in [0.5, 0.6) is 0 Å². The molecule has 1 N–H and O–H groups in total. The van der Waals surface area contributed by atoms with Gasteiger partial charge in [0.2, 0.25) is 0 Å². The van der Waals surface area contributed by atoms with Crippen molar-refractivity contribution in [2.45, 2.75) is 38.2 Å². The summed E-state index contributed by atoms with van der Waals surface area (Å²) < 4.78 is 5.73. The molecule has 86 valence electrons. The number of oxime groups is 1. The molecule has 0 atom stereocenters. The van der Waals surface area contributed by atoms with E-state index < -0.39 is 0 Å². The summed E-state index contributed by atoms with van der Waals surface area (Å²) in [6.45, 7) is 0. The zero-order valence-corrected chi connectivity index (χ0v) is 9.30. The zero-order valence-electron chi connectivity index (χ0n) is 9.30. The standard InChI is InChI=1S/C13H17NO2/c15-14-13(11-7-3-1-4-8-11)16-12-9-5-2-6-10-12/h1,3-4,7-8,12,15H,2,5-6,9-10H2. The second-order valence-corrected chi connectivity index (χ2v) is 4.15. The van der Waals surface area contributed by atoms with Gasteiger partial charge in [0, 0.05) is 5.56 Å². The molecule has 1 aliphatic carbocycles. The summed E-state index contributed by atoms with van der Waals surface area (Å²) in [6.07, 6.45) is 6.03. The minimum Gasteiger partial charge on any atom is -0.472 e. The minimum absolute atomic E-state index is 0.208. The Bertz CT molecular complexity index is 342. The van der Waals surface area contributed by atoms with Gasteiger partial charge in [0.15, 0.2) is 0 Å². The van der Waals surface area contributed by atoms with E-state index in [2.05, 4.69) is 5.16 Å².